The van der Waals surface area contributed by atoms with Crippen LogP contribution in [0.2, 0.25) is 0 Å². The van der Waals surface area contributed by atoms with Gasteiger partial charge in [0.05, 0.1) is 16.7 Å². The van der Waals surface area contributed by atoms with Crippen LogP contribution in [0.5, 0.6) is 0 Å². The third kappa shape index (κ3) is 6.90. The molecule has 13 rings (SSSR count). The highest BCUT2D eigenvalue weighted by molar-refractivity contribution is 7.26. The van der Waals surface area contributed by atoms with E-state index in [9.17, 15) is 0 Å². The van der Waals surface area contributed by atoms with E-state index in [0.29, 0.717) is 34.9 Å². The second-order valence-corrected chi connectivity index (χ2v) is 17.7. The molecule has 0 radical (unpaired) electrons. The molecule has 13 aromatic rings. The lowest BCUT2D eigenvalue weighted by Crippen LogP contribution is -2.05. The summed E-state index contributed by atoms with van der Waals surface area (Å²) >= 11 is 1.76. The van der Waals surface area contributed by atoms with Crippen molar-refractivity contribution >= 4 is 53.3 Å². The van der Waals surface area contributed by atoms with Gasteiger partial charge in [-0.15, -0.1) is 11.3 Å². The molecule has 8 heteroatoms. The van der Waals surface area contributed by atoms with Gasteiger partial charge in [0.25, 0.3) is 0 Å². The first-order valence-electron chi connectivity index (χ1n) is 22.5. The summed E-state index contributed by atoms with van der Waals surface area (Å²) in [7, 11) is 0. The van der Waals surface area contributed by atoms with Crippen molar-refractivity contribution in [1.82, 2.24) is 34.5 Å². The summed E-state index contributed by atoms with van der Waals surface area (Å²) in [5.41, 5.74) is 10.6. The minimum absolute atomic E-state index is 0.522. The molecule has 0 N–H and O–H groups in total. The summed E-state index contributed by atoms with van der Waals surface area (Å²) in [6, 6.07) is 77.6. The highest BCUT2D eigenvalue weighted by atomic mass is 32.1. The van der Waals surface area contributed by atoms with Crippen molar-refractivity contribution < 1.29 is 0 Å². The quantitative estimate of drug-likeness (QED) is 0.151. The number of nitrogens with zero attached hydrogens (tertiary/aromatic N) is 7. The van der Waals surface area contributed by atoms with Crippen LogP contribution < -0.4 is 0 Å². The first-order chi connectivity index (χ1) is 33.7. The van der Waals surface area contributed by atoms with Gasteiger partial charge in [-0.25, -0.2) is 29.9 Å². The summed E-state index contributed by atoms with van der Waals surface area (Å²) in [4.78, 5) is 31.5. The maximum atomic E-state index is 5.34. The standard InChI is InChI=1S/C60H37N7S/c1-5-18-38(19-6-1)42-32-34-51-48(36-42)44-26-13-15-30-50(44)67(51)52-35-33-43(37-49(52)60-64-55(39-20-7-2-8-21-39)61-56(65-60)40-22-9-3-10-23-40)58-62-57(41-24-11-4-12-25-41)63-59(66-58)47-29-17-28-46-45-27-14-16-31-53(45)68-54(46)47/h1-37H. The molecular formula is C60H37N7S. The van der Waals surface area contributed by atoms with Gasteiger partial charge in [0, 0.05) is 64.3 Å². The SMILES string of the molecule is c1ccc(-c2ccc3c(c2)c2ccccc2n3-c2ccc(-c3nc(-c4ccccc4)nc(-c4cccc5c4sc4ccccc45)n3)cc2-c2nc(-c3ccccc3)nc(-c3ccccc3)n2)cc1. The second-order valence-electron chi connectivity index (χ2n) is 16.7. The summed E-state index contributed by atoms with van der Waals surface area (Å²) in [6.45, 7) is 0. The Morgan fingerprint density at radius 2 is 0.750 bits per heavy atom. The van der Waals surface area contributed by atoms with Crippen LogP contribution in [0.25, 0.3) is 127 Å². The van der Waals surface area contributed by atoms with E-state index in [1.54, 1.807) is 11.3 Å². The molecule has 7 nitrogen and oxygen atoms in total. The lowest BCUT2D eigenvalue weighted by atomic mass is 10.0. The zero-order chi connectivity index (χ0) is 45.0. The molecule has 318 valence electrons. The topological polar surface area (TPSA) is 82.3 Å². The van der Waals surface area contributed by atoms with Crippen molar-refractivity contribution in [3.8, 4) is 85.1 Å². The highest BCUT2D eigenvalue weighted by Crippen LogP contribution is 2.42. The molecule has 0 aliphatic heterocycles. The Bertz CT molecular complexity index is 3960. The maximum Gasteiger partial charge on any atom is 0.166 e. The molecule has 0 unspecified atom stereocenters. The van der Waals surface area contributed by atoms with Crippen molar-refractivity contribution in [3.63, 3.8) is 0 Å². The van der Waals surface area contributed by atoms with E-state index in [4.69, 9.17) is 29.9 Å². The molecule has 0 amide bonds. The molecule has 0 aliphatic carbocycles. The molecule has 0 spiro atoms. The van der Waals surface area contributed by atoms with E-state index < -0.39 is 0 Å². The predicted octanol–water partition coefficient (Wildman–Crippen LogP) is 15.2. The Labute approximate surface area is 395 Å². The normalized spacial score (nSPS) is 11.5. The first kappa shape index (κ1) is 39.4. The van der Waals surface area contributed by atoms with Crippen LogP contribution in [-0.2, 0) is 0 Å². The summed E-state index contributed by atoms with van der Waals surface area (Å²) in [5.74, 6) is 3.40. The summed E-state index contributed by atoms with van der Waals surface area (Å²) in [6.07, 6.45) is 0. The van der Waals surface area contributed by atoms with E-state index >= 15 is 0 Å². The minimum Gasteiger partial charge on any atom is -0.309 e. The fraction of sp³-hybridized carbons (Fsp3) is 0. The Kier molecular flexibility index (Phi) is 9.54. The van der Waals surface area contributed by atoms with Crippen molar-refractivity contribution in [2.45, 2.75) is 0 Å². The lowest BCUT2D eigenvalue weighted by Gasteiger charge is -2.16. The first-order valence-corrected chi connectivity index (χ1v) is 23.3. The van der Waals surface area contributed by atoms with Gasteiger partial charge in [0.1, 0.15) is 0 Å². The number of hydrogen-bond donors (Lipinski definition) is 0. The van der Waals surface area contributed by atoms with Gasteiger partial charge >= 0.3 is 0 Å². The van der Waals surface area contributed by atoms with Crippen LogP contribution >= 0.6 is 11.3 Å². The van der Waals surface area contributed by atoms with E-state index in [0.717, 1.165) is 71.1 Å². The van der Waals surface area contributed by atoms with Gasteiger partial charge in [-0.3, -0.25) is 0 Å². The Hall–Kier alpha value is -8.98. The zero-order valence-electron chi connectivity index (χ0n) is 36.4. The molecule has 68 heavy (non-hydrogen) atoms. The van der Waals surface area contributed by atoms with Crippen LogP contribution in [-0.4, -0.2) is 34.5 Å². The third-order valence-corrected chi connectivity index (χ3v) is 13.7. The third-order valence-electron chi connectivity index (χ3n) is 12.5. The van der Waals surface area contributed by atoms with E-state index in [2.05, 4.69) is 138 Å². The van der Waals surface area contributed by atoms with Gasteiger partial charge in [-0.1, -0.05) is 176 Å². The van der Waals surface area contributed by atoms with Crippen molar-refractivity contribution in [1.29, 1.82) is 0 Å². The van der Waals surface area contributed by atoms with Crippen molar-refractivity contribution in [2.24, 2.45) is 0 Å². The smallest absolute Gasteiger partial charge is 0.166 e. The molecule has 0 saturated carbocycles. The fourth-order valence-corrected chi connectivity index (χ4v) is 10.5. The van der Waals surface area contributed by atoms with Crippen molar-refractivity contribution in [3.05, 3.63) is 224 Å². The molecule has 0 fully saturated rings. The minimum atomic E-state index is 0.522. The molecule has 4 heterocycles. The molecule has 9 aromatic carbocycles. The number of thiophene rings is 1. The van der Waals surface area contributed by atoms with Crippen LogP contribution in [0.4, 0.5) is 0 Å². The molecule has 0 saturated heterocycles. The van der Waals surface area contributed by atoms with Gasteiger partial charge in [-0.05, 0) is 59.7 Å². The van der Waals surface area contributed by atoms with Gasteiger partial charge in [0.2, 0.25) is 0 Å². The van der Waals surface area contributed by atoms with Crippen LogP contribution in [0.3, 0.4) is 0 Å². The van der Waals surface area contributed by atoms with E-state index in [-0.39, 0.29) is 0 Å². The molecule has 0 atom stereocenters. The van der Waals surface area contributed by atoms with E-state index in [1.165, 1.54) is 21.0 Å². The maximum absolute atomic E-state index is 5.34. The Morgan fingerprint density at radius 3 is 1.38 bits per heavy atom. The van der Waals surface area contributed by atoms with Crippen LogP contribution in [0.15, 0.2) is 224 Å². The lowest BCUT2D eigenvalue weighted by molar-refractivity contribution is 1.06. The molecule has 0 aliphatic rings. The highest BCUT2D eigenvalue weighted by Gasteiger charge is 2.23. The van der Waals surface area contributed by atoms with Gasteiger partial charge in [0.15, 0.2) is 34.9 Å². The summed E-state index contributed by atoms with van der Waals surface area (Å²) in [5, 5.41) is 4.69. The van der Waals surface area contributed by atoms with Gasteiger partial charge in [-0.2, -0.15) is 0 Å². The largest absolute Gasteiger partial charge is 0.309 e. The van der Waals surface area contributed by atoms with Crippen LogP contribution in [0.1, 0.15) is 0 Å². The Balaban J connectivity index is 1.09. The van der Waals surface area contributed by atoms with Crippen molar-refractivity contribution in [2.75, 3.05) is 0 Å². The van der Waals surface area contributed by atoms with Gasteiger partial charge < -0.3 is 4.57 Å². The summed E-state index contributed by atoms with van der Waals surface area (Å²) < 4.78 is 4.69. The molecule has 0 bridgehead atoms. The van der Waals surface area contributed by atoms with E-state index in [1.807, 2.05) is 91.0 Å². The van der Waals surface area contributed by atoms with Crippen LogP contribution in [0, 0.1) is 0 Å². The second kappa shape index (κ2) is 16.5. The molecular weight excluding hydrogens is 851 g/mol. The number of hydrogen-bond acceptors (Lipinski definition) is 7. The molecule has 4 aromatic heterocycles. The number of benzene rings is 9. The number of fused-ring (bicyclic) bond motifs is 6. The number of para-hydroxylation sites is 1. The average Bonchev–Trinajstić information content (AvgIpc) is 3.97. The number of rotatable bonds is 8. The number of aromatic nitrogens is 7. The average molecular weight is 888 g/mol. The predicted molar refractivity (Wildman–Crippen MR) is 278 cm³/mol. The monoisotopic (exact) mass is 887 g/mol. The Morgan fingerprint density at radius 1 is 0.279 bits per heavy atom. The zero-order valence-corrected chi connectivity index (χ0v) is 37.2. The fourth-order valence-electron chi connectivity index (χ4n) is 9.29.